The first-order valence-corrected chi connectivity index (χ1v) is 22.4. The zero-order chi connectivity index (χ0) is 42.6. The average Bonchev–Trinajstić information content (AvgIpc) is 3.91. The molecule has 0 amide bonds. The van der Waals surface area contributed by atoms with Crippen LogP contribution in [0.5, 0.6) is 0 Å². The second-order valence-corrected chi connectivity index (χ2v) is 18.0. The fourth-order valence-electron chi connectivity index (χ4n) is 11.7. The molecule has 0 saturated carbocycles. The van der Waals surface area contributed by atoms with Crippen molar-refractivity contribution in [1.29, 1.82) is 0 Å². The first-order chi connectivity index (χ1) is 31.5. The Bertz CT molecular complexity index is 3440. The van der Waals surface area contributed by atoms with Crippen molar-refractivity contribution >= 4 is 44.9 Å². The molecule has 10 aromatic carbocycles. The fourth-order valence-corrected chi connectivity index (χ4v) is 11.7. The zero-order valence-corrected chi connectivity index (χ0v) is 35.8. The lowest BCUT2D eigenvalue weighted by atomic mass is 9.69. The van der Waals surface area contributed by atoms with Gasteiger partial charge in [0.15, 0.2) is 0 Å². The minimum absolute atomic E-state index is 0.128. The third-order valence-corrected chi connectivity index (χ3v) is 14.4. The van der Waals surface area contributed by atoms with Crippen LogP contribution in [0.3, 0.4) is 0 Å². The number of para-hydroxylation sites is 3. The van der Waals surface area contributed by atoms with Crippen LogP contribution < -0.4 is 9.80 Å². The number of benzene rings is 10. The molecule has 64 heavy (non-hydrogen) atoms. The van der Waals surface area contributed by atoms with Crippen molar-refractivity contribution in [3.63, 3.8) is 0 Å². The van der Waals surface area contributed by atoms with Gasteiger partial charge < -0.3 is 9.80 Å². The van der Waals surface area contributed by atoms with E-state index in [9.17, 15) is 0 Å². The van der Waals surface area contributed by atoms with E-state index in [4.69, 9.17) is 0 Å². The smallest absolute Gasteiger partial charge is 0.0733 e. The lowest BCUT2D eigenvalue weighted by molar-refractivity contribution is 0.660. The maximum atomic E-state index is 2.52. The molecular formula is C62H44N2. The van der Waals surface area contributed by atoms with Crippen molar-refractivity contribution in [2.75, 3.05) is 9.80 Å². The number of nitrogens with zero attached hydrogens (tertiary/aromatic N) is 2. The molecule has 0 N–H and O–H groups in total. The molecule has 302 valence electrons. The monoisotopic (exact) mass is 816 g/mol. The van der Waals surface area contributed by atoms with Crippen LogP contribution >= 0.6 is 0 Å². The van der Waals surface area contributed by atoms with E-state index < -0.39 is 5.41 Å². The molecule has 0 saturated heterocycles. The summed E-state index contributed by atoms with van der Waals surface area (Å²) in [6.45, 7) is 4.74. The van der Waals surface area contributed by atoms with Gasteiger partial charge in [0.05, 0.1) is 11.1 Å². The number of fused-ring (bicyclic) bond motifs is 15. The van der Waals surface area contributed by atoms with Crippen LogP contribution in [-0.4, -0.2) is 0 Å². The molecule has 3 aliphatic carbocycles. The van der Waals surface area contributed by atoms with E-state index in [0.717, 1.165) is 28.4 Å². The summed E-state index contributed by atoms with van der Waals surface area (Å²) in [6, 6.07) is 85.8. The zero-order valence-electron chi connectivity index (χ0n) is 35.8. The standard InChI is InChI=1S/C62H44N2/c1-61(2)53-31-17-14-28-48(53)50-36-34-45(39-56(50)61)63(42-21-6-3-7-22-42)46-35-37-51-49-29-15-18-32-54(49)62(57(51)40-46)55-33-19-16-30-52(55)59-58(38-41-20-12-13-27-47(41)60(59)62)64(43-23-8-4-9-24-43)44-25-10-5-11-26-44/h3-40H,1-2H3. The van der Waals surface area contributed by atoms with Gasteiger partial charge in [0.25, 0.3) is 0 Å². The van der Waals surface area contributed by atoms with Crippen molar-refractivity contribution in [3.8, 4) is 33.4 Å². The lowest BCUT2D eigenvalue weighted by Gasteiger charge is -2.34. The largest absolute Gasteiger partial charge is 0.310 e. The molecule has 0 bridgehead atoms. The van der Waals surface area contributed by atoms with E-state index in [1.54, 1.807) is 0 Å². The molecule has 0 aromatic heterocycles. The maximum Gasteiger partial charge on any atom is 0.0733 e. The van der Waals surface area contributed by atoms with Crippen LogP contribution in [0.4, 0.5) is 34.1 Å². The highest BCUT2D eigenvalue weighted by Crippen LogP contribution is 2.67. The molecule has 10 aromatic rings. The molecule has 0 radical (unpaired) electrons. The summed E-state index contributed by atoms with van der Waals surface area (Å²) in [5.41, 5.74) is 21.9. The molecule has 2 nitrogen and oxygen atoms in total. The van der Waals surface area contributed by atoms with Gasteiger partial charge in [-0.25, -0.2) is 0 Å². The van der Waals surface area contributed by atoms with Crippen molar-refractivity contribution in [1.82, 2.24) is 0 Å². The van der Waals surface area contributed by atoms with E-state index in [2.05, 4.69) is 254 Å². The van der Waals surface area contributed by atoms with Crippen LogP contribution in [0.1, 0.15) is 47.2 Å². The molecule has 1 spiro atoms. The van der Waals surface area contributed by atoms with Crippen LogP contribution in [0, 0.1) is 0 Å². The predicted octanol–water partition coefficient (Wildman–Crippen LogP) is 16.4. The number of hydrogen-bond donors (Lipinski definition) is 0. The third-order valence-electron chi connectivity index (χ3n) is 14.4. The van der Waals surface area contributed by atoms with Crippen LogP contribution in [0.25, 0.3) is 44.2 Å². The Balaban J connectivity index is 1.11. The Kier molecular flexibility index (Phi) is 7.90. The Morgan fingerprint density at radius 2 is 0.750 bits per heavy atom. The third kappa shape index (κ3) is 5.02. The first-order valence-electron chi connectivity index (χ1n) is 22.4. The summed E-state index contributed by atoms with van der Waals surface area (Å²) < 4.78 is 0. The van der Waals surface area contributed by atoms with Gasteiger partial charge in [0.1, 0.15) is 0 Å². The molecular weight excluding hydrogens is 773 g/mol. The Morgan fingerprint density at radius 1 is 0.312 bits per heavy atom. The van der Waals surface area contributed by atoms with E-state index in [-0.39, 0.29) is 5.41 Å². The van der Waals surface area contributed by atoms with Crippen LogP contribution in [-0.2, 0) is 10.8 Å². The van der Waals surface area contributed by atoms with E-state index in [0.29, 0.717) is 0 Å². The fraction of sp³-hybridized carbons (Fsp3) is 0.0645. The van der Waals surface area contributed by atoms with E-state index >= 15 is 0 Å². The van der Waals surface area contributed by atoms with Gasteiger partial charge >= 0.3 is 0 Å². The Hall–Kier alpha value is -7.94. The second kappa shape index (κ2) is 13.8. The van der Waals surface area contributed by atoms with E-state index in [1.165, 1.54) is 83.2 Å². The normalized spacial score (nSPS) is 15.5. The summed E-state index contributed by atoms with van der Waals surface area (Å²) in [7, 11) is 0. The quantitative estimate of drug-likeness (QED) is 0.165. The first kappa shape index (κ1) is 36.7. The minimum Gasteiger partial charge on any atom is -0.310 e. The maximum absolute atomic E-state index is 2.52. The van der Waals surface area contributed by atoms with Gasteiger partial charge in [-0.3, -0.25) is 0 Å². The molecule has 0 aliphatic heterocycles. The molecule has 13 rings (SSSR count). The predicted molar refractivity (Wildman–Crippen MR) is 267 cm³/mol. The molecule has 0 fully saturated rings. The van der Waals surface area contributed by atoms with Gasteiger partial charge in [0.2, 0.25) is 0 Å². The Morgan fingerprint density at radius 3 is 1.38 bits per heavy atom. The summed E-state index contributed by atoms with van der Waals surface area (Å²) in [4.78, 5) is 4.93. The highest BCUT2D eigenvalue weighted by atomic mass is 15.2. The summed E-state index contributed by atoms with van der Waals surface area (Å²) >= 11 is 0. The van der Waals surface area contributed by atoms with Crippen molar-refractivity contribution < 1.29 is 0 Å². The topological polar surface area (TPSA) is 6.48 Å². The average molecular weight is 817 g/mol. The lowest BCUT2D eigenvalue weighted by Crippen LogP contribution is -2.27. The minimum atomic E-state index is -0.605. The van der Waals surface area contributed by atoms with Crippen molar-refractivity contribution in [2.45, 2.75) is 24.7 Å². The second-order valence-electron chi connectivity index (χ2n) is 18.0. The van der Waals surface area contributed by atoms with Gasteiger partial charge in [0, 0.05) is 39.4 Å². The molecule has 1 unspecified atom stereocenters. The Labute approximate surface area is 375 Å². The summed E-state index contributed by atoms with van der Waals surface area (Å²) in [6.07, 6.45) is 0. The van der Waals surface area contributed by atoms with Gasteiger partial charge in [-0.15, -0.1) is 0 Å². The van der Waals surface area contributed by atoms with Gasteiger partial charge in [-0.05, 0) is 139 Å². The summed E-state index contributed by atoms with van der Waals surface area (Å²) in [5, 5.41) is 2.49. The SMILES string of the molecule is CC1(C)c2ccccc2-c2ccc(N(c3ccccc3)c3ccc4c(c3)C3(c5ccccc5-4)c4ccccc4-c4c(N(c5ccccc5)c5ccccc5)cc5ccccc5c43)cc21. The number of hydrogen-bond acceptors (Lipinski definition) is 2. The summed E-state index contributed by atoms with van der Waals surface area (Å²) in [5.74, 6) is 0. The van der Waals surface area contributed by atoms with E-state index in [1.807, 2.05) is 0 Å². The van der Waals surface area contributed by atoms with Gasteiger partial charge in [-0.1, -0.05) is 178 Å². The molecule has 1 atom stereocenters. The molecule has 0 heterocycles. The molecule has 2 heteroatoms. The van der Waals surface area contributed by atoms with Gasteiger partial charge in [-0.2, -0.15) is 0 Å². The highest BCUT2D eigenvalue weighted by molar-refractivity contribution is 6.10. The molecule has 3 aliphatic rings. The number of rotatable bonds is 6. The van der Waals surface area contributed by atoms with Crippen LogP contribution in [0.15, 0.2) is 231 Å². The van der Waals surface area contributed by atoms with Crippen molar-refractivity contribution in [3.05, 3.63) is 264 Å². The van der Waals surface area contributed by atoms with Crippen LogP contribution in [0.2, 0.25) is 0 Å². The highest BCUT2D eigenvalue weighted by Gasteiger charge is 2.53. The number of anilines is 6. The van der Waals surface area contributed by atoms with Crippen molar-refractivity contribution in [2.24, 2.45) is 0 Å².